The van der Waals surface area contributed by atoms with Crippen LogP contribution in [0.15, 0.2) is 24.3 Å². The molecule has 1 aliphatic heterocycles. The molecule has 0 radical (unpaired) electrons. The Morgan fingerprint density at radius 1 is 1.40 bits per heavy atom. The Morgan fingerprint density at radius 2 is 2.10 bits per heavy atom. The van der Waals surface area contributed by atoms with Crippen molar-refractivity contribution in [2.75, 3.05) is 13.2 Å². The van der Waals surface area contributed by atoms with Crippen LogP contribution < -0.4 is 4.74 Å². The largest absolute Gasteiger partial charge is 0.494 e. The smallest absolute Gasteiger partial charge is 0.320 e. The van der Waals surface area contributed by atoms with Crippen molar-refractivity contribution in [2.45, 2.75) is 39.3 Å². The van der Waals surface area contributed by atoms with E-state index in [2.05, 4.69) is 11.8 Å². The van der Waals surface area contributed by atoms with Gasteiger partial charge in [0.25, 0.3) is 0 Å². The molecule has 1 aliphatic rings. The Labute approximate surface area is 120 Å². The Morgan fingerprint density at radius 3 is 2.70 bits per heavy atom. The van der Waals surface area contributed by atoms with Crippen molar-refractivity contribution in [3.8, 4) is 5.75 Å². The lowest BCUT2D eigenvalue weighted by atomic mass is 9.92. The van der Waals surface area contributed by atoms with Crippen LogP contribution in [0.3, 0.4) is 0 Å². The summed E-state index contributed by atoms with van der Waals surface area (Å²) in [7, 11) is 0. The van der Waals surface area contributed by atoms with Crippen molar-refractivity contribution in [1.29, 1.82) is 0 Å². The van der Waals surface area contributed by atoms with E-state index in [1.807, 2.05) is 31.2 Å². The zero-order valence-electron chi connectivity index (χ0n) is 12.2. The monoisotopic (exact) mass is 277 g/mol. The molecule has 4 nitrogen and oxygen atoms in total. The SMILES string of the molecule is CCOc1ccc(CN2CCC(C)CC2C(=O)O)cc1. The van der Waals surface area contributed by atoms with Gasteiger partial charge >= 0.3 is 5.97 Å². The molecule has 0 aromatic heterocycles. The average molecular weight is 277 g/mol. The fourth-order valence-corrected chi connectivity index (χ4v) is 2.73. The molecular weight excluding hydrogens is 254 g/mol. The predicted octanol–water partition coefficient (Wildman–Crippen LogP) is 2.77. The highest BCUT2D eigenvalue weighted by atomic mass is 16.5. The number of carboxylic acids is 1. The van der Waals surface area contributed by atoms with Gasteiger partial charge in [-0.15, -0.1) is 0 Å². The van der Waals surface area contributed by atoms with Crippen molar-refractivity contribution in [3.63, 3.8) is 0 Å². The van der Waals surface area contributed by atoms with E-state index in [0.29, 0.717) is 19.1 Å². The number of hydrogen-bond acceptors (Lipinski definition) is 3. The van der Waals surface area contributed by atoms with Crippen LogP contribution in [-0.4, -0.2) is 35.2 Å². The molecule has 1 heterocycles. The lowest BCUT2D eigenvalue weighted by Crippen LogP contribution is -2.46. The highest BCUT2D eigenvalue weighted by Gasteiger charge is 2.31. The number of piperidine rings is 1. The summed E-state index contributed by atoms with van der Waals surface area (Å²) in [6.07, 6.45) is 1.81. The van der Waals surface area contributed by atoms with E-state index in [-0.39, 0.29) is 6.04 Å². The number of likely N-dealkylation sites (tertiary alicyclic amines) is 1. The number of rotatable bonds is 5. The van der Waals surface area contributed by atoms with Crippen LogP contribution in [-0.2, 0) is 11.3 Å². The maximum atomic E-state index is 11.4. The Bertz CT molecular complexity index is 444. The molecule has 1 aromatic carbocycles. The molecule has 110 valence electrons. The summed E-state index contributed by atoms with van der Waals surface area (Å²) in [5.41, 5.74) is 1.13. The van der Waals surface area contributed by atoms with Gasteiger partial charge < -0.3 is 9.84 Å². The molecule has 2 rings (SSSR count). The van der Waals surface area contributed by atoms with Gasteiger partial charge in [-0.1, -0.05) is 19.1 Å². The first-order chi connectivity index (χ1) is 9.60. The molecule has 4 heteroatoms. The van der Waals surface area contributed by atoms with Crippen LogP contribution in [0.4, 0.5) is 0 Å². The van der Waals surface area contributed by atoms with E-state index >= 15 is 0 Å². The van der Waals surface area contributed by atoms with E-state index in [1.54, 1.807) is 0 Å². The minimum Gasteiger partial charge on any atom is -0.494 e. The van der Waals surface area contributed by atoms with Crippen molar-refractivity contribution in [2.24, 2.45) is 5.92 Å². The zero-order valence-corrected chi connectivity index (χ0v) is 12.2. The van der Waals surface area contributed by atoms with Crippen molar-refractivity contribution < 1.29 is 14.6 Å². The first kappa shape index (κ1) is 14.9. The maximum Gasteiger partial charge on any atom is 0.320 e. The van der Waals surface area contributed by atoms with Crippen molar-refractivity contribution >= 4 is 5.97 Å². The van der Waals surface area contributed by atoms with E-state index in [4.69, 9.17) is 4.74 Å². The number of benzene rings is 1. The molecule has 0 bridgehead atoms. The quantitative estimate of drug-likeness (QED) is 0.899. The van der Waals surface area contributed by atoms with Crippen molar-refractivity contribution in [3.05, 3.63) is 29.8 Å². The van der Waals surface area contributed by atoms with Crippen LogP contribution in [0.1, 0.15) is 32.3 Å². The van der Waals surface area contributed by atoms with Gasteiger partial charge in [-0.3, -0.25) is 9.69 Å². The van der Waals surface area contributed by atoms with Gasteiger partial charge in [0.15, 0.2) is 0 Å². The molecule has 20 heavy (non-hydrogen) atoms. The Hall–Kier alpha value is -1.55. The minimum atomic E-state index is -0.706. The maximum absolute atomic E-state index is 11.4. The highest BCUT2D eigenvalue weighted by molar-refractivity contribution is 5.73. The number of carbonyl (C=O) groups is 1. The highest BCUT2D eigenvalue weighted by Crippen LogP contribution is 2.25. The summed E-state index contributed by atoms with van der Waals surface area (Å²) >= 11 is 0. The summed E-state index contributed by atoms with van der Waals surface area (Å²) in [6.45, 7) is 6.29. The minimum absolute atomic E-state index is 0.356. The molecule has 0 aliphatic carbocycles. The summed E-state index contributed by atoms with van der Waals surface area (Å²) in [4.78, 5) is 13.4. The number of carboxylic acid groups (broad SMARTS) is 1. The molecule has 2 atom stereocenters. The topological polar surface area (TPSA) is 49.8 Å². The third kappa shape index (κ3) is 3.73. The van der Waals surface area contributed by atoms with E-state index in [0.717, 1.165) is 30.7 Å². The van der Waals surface area contributed by atoms with E-state index < -0.39 is 5.97 Å². The number of aliphatic carboxylic acids is 1. The van der Waals surface area contributed by atoms with Crippen molar-refractivity contribution in [1.82, 2.24) is 4.90 Å². The van der Waals surface area contributed by atoms with Gasteiger partial charge in [0.2, 0.25) is 0 Å². The van der Waals surface area contributed by atoms with Gasteiger partial charge in [-0.25, -0.2) is 0 Å². The van der Waals surface area contributed by atoms with Gasteiger partial charge in [0, 0.05) is 6.54 Å². The average Bonchev–Trinajstić information content (AvgIpc) is 2.43. The number of ether oxygens (including phenoxy) is 1. The van der Waals surface area contributed by atoms with Crippen LogP contribution >= 0.6 is 0 Å². The number of hydrogen-bond donors (Lipinski definition) is 1. The molecular formula is C16H23NO3. The summed E-state index contributed by atoms with van der Waals surface area (Å²) in [5.74, 6) is 0.647. The predicted molar refractivity (Wildman–Crippen MR) is 77.8 cm³/mol. The van der Waals surface area contributed by atoms with Crippen LogP contribution in [0, 0.1) is 5.92 Å². The molecule has 2 unspecified atom stereocenters. The Balaban J connectivity index is 2.01. The van der Waals surface area contributed by atoms with E-state index in [1.165, 1.54) is 0 Å². The van der Waals surface area contributed by atoms with E-state index in [9.17, 15) is 9.90 Å². The summed E-state index contributed by atoms with van der Waals surface area (Å²) < 4.78 is 5.42. The summed E-state index contributed by atoms with van der Waals surface area (Å²) in [6, 6.07) is 7.57. The lowest BCUT2D eigenvalue weighted by Gasteiger charge is -2.36. The van der Waals surface area contributed by atoms with Crippen LogP contribution in [0.25, 0.3) is 0 Å². The molecule has 0 spiro atoms. The molecule has 1 aromatic rings. The Kier molecular flexibility index (Phi) is 5.01. The van der Waals surface area contributed by atoms with Gasteiger partial charge in [0.05, 0.1) is 6.61 Å². The molecule has 1 saturated heterocycles. The van der Waals surface area contributed by atoms with Gasteiger partial charge in [-0.2, -0.15) is 0 Å². The fourth-order valence-electron chi connectivity index (χ4n) is 2.73. The second kappa shape index (κ2) is 6.75. The molecule has 0 saturated carbocycles. The third-order valence-electron chi connectivity index (χ3n) is 3.88. The summed E-state index contributed by atoms with van der Waals surface area (Å²) in [5, 5.41) is 9.36. The van der Waals surface area contributed by atoms with Gasteiger partial charge in [0.1, 0.15) is 11.8 Å². The fraction of sp³-hybridized carbons (Fsp3) is 0.562. The second-order valence-corrected chi connectivity index (χ2v) is 5.53. The molecule has 1 N–H and O–H groups in total. The lowest BCUT2D eigenvalue weighted by molar-refractivity contribution is -0.145. The van der Waals surface area contributed by atoms with Crippen LogP contribution in [0.2, 0.25) is 0 Å². The number of nitrogens with zero attached hydrogens (tertiary/aromatic N) is 1. The normalized spacial score (nSPS) is 23.5. The second-order valence-electron chi connectivity index (χ2n) is 5.53. The zero-order chi connectivity index (χ0) is 14.5. The first-order valence-electron chi connectivity index (χ1n) is 7.28. The van der Waals surface area contributed by atoms with Gasteiger partial charge in [-0.05, 0) is 49.9 Å². The molecule has 0 amide bonds. The first-order valence-corrected chi connectivity index (χ1v) is 7.28. The van der Waals surface area contributed by atoms with Crippen LogP contribution in [0.5, 0.6) is 5.75 Å². The molecule has 1 fully saturated rings. The third-order valence-corrected chi connectivity index (χ3v) is 3.88. The standard InChI is InChI=1S/C16H23NO3/c1-3-20-14-6-4-13(5-7-14)11-17-9-8-12(2)10-15(17)16(18)19/h4-7,12,15H,3,8-11H2,1-2H3,(H,18,19).